The van der Waals surface area contributed by atoms with Crippen molar-refractivity contribution in [1.29, 1.82) is 0 Å². The lowest BCUT2D eigenvalue weighted by atomic mass is 9.84. The maximum absolute atomic E-state index is 13.8. The molecule has 1 aromatic heterocycles. The number of hydrogen-bond donors (Lipinski definition) is 0. The molecule has 3 heterocycles. The Hall–Kier alpha value is -2.35. The molecule has 0 radical (unpaired) electrons. The first-order chi connectivity index (χ1) is 15.5. The number of hydrogen-bond acceptors (Lipinski definition) is 6. The van der Waals surface area contributed by atoms with Crippen molar-refractivity contribution in [3.8, 4) is 0 Å². The number of amides is 1. The summed E-state index contributed by atoms with van der Waals surface area (Å²) >= 11 is 1.69. The normalized spacial score (nSPS) is 21.7. The molecule has 4 rings (SSSR count). The highest BCUT2D eigenvalue weighted by Gasteiger charge is 2.44. The Balaban J connectivity index is 1.68. The number of likely N-dealkylation sites (N-methyl/N-ethyl adjacent to an activating group) is 1. The molecule has 0 saturated carbocycles. The molecule has 1 fully saturated rings. The van der Waals surface area contributed by atoms with Gasteiger partial charge in [-0.1, -0.05) is 19.1 Å². The van der Waals surface area contributed by atoms with E-state index in [1.54, 1.807) is 29.0 Å². The van der Waals surface area contributed by atoms with Gasteiger partial charge in [-0.05, 0) is 49.6 Å². The van der Waals surface area contributed by atoms with E-state index >= 15 is 0 Å². The fourth-order valence-electron chi connectivity index (χ4n) is 4.66. The van der Waals surface area contributed by atoms with Crippen molar-refractivity contribution < 1.29 is 14.0 Å². The van der Waals surface area contributed by atoms with Crippen LogP contribution in [0.25, 0.3) is 0 Å². The van der Waals surface area contributed by atoms with Gasteiger partial charge >= 0.3 is 0 Å². The number of ketones is 1. The van der Waals surface area contributed by atoms with E-state index in [0.29, 0.717) is 18.0 Å². The average molecular weight is 454 g/mol. The Kier molecular flexibility index (Phi) is 7.18. The van der Waals surface area contributed by atoms with Gasteiger partial charge in [-0.2, -0.15) is 0 Å². The number of benzene rings is 1. The zero-order valence-electron chi connectivity index (χ0n) is 19.0. The van der Waals surface area contributed by atoms with E-state index in [1.807, 2.05) is 25.3 Å². The average Bonchev–Trinajstić information content (AvgIpc) is 3.33. The molecule has 2 atom stereocenters. The Labute approximate surface area is 194 Å². The van der Waals surface area contributed by atoms with Gasteiger partial charge in [0.25, 0.3) is 0 Å². The first kappa shape index (κ1) is 22.8. The number of carbonyl (C=O) groups excluding carboxylic acids is 2. The molecule has 2 unspecified atom stereocenters. The topological polar surface area (TPSA) is 57.0 Å². The van der Waals surface area contributed by atoms with Gasteiger partial charge in [0.15, 0.2) is 5.78 Å². The van der Waals surface area contributed by atoms with Gasteiger partial charge in [0.2, 0.25) is 5.91 Å². The summed E-state index contributed by atoms with van der Waals surface area (Å²) in [5.41, 5.74) is 1.69. The highest BCUT2D eigenvalue weighted by molar-refractivity contribution is 7.98. The van der Waals surface area contributed by atoms with Crippen LogP contribution in [0, 0.1) is 5.92 Å². The Morgan fingerprint density at radius 1 is 1.09 bits per heavy atom. The summed E-state index contributed by atoms with van der Waals surface area (Å²) in [4.78, 5) is 34.6. The number of nitrogens with zero attached hydrogens (tertiary/aromatic N) is 3. The molecule has 170 valence electrons. The maximum Gasteiger partial charge on any atom is 0.240 e. The zero-order valence-corrected chi connectivity index (χ0v) is 19.8. The van der Waals surface area contributed by atoms with Crippen molar-refractivity contribution in [2.45, 2.75) is 31.3 Å². The third kappa shape index (κ3) is 4.70. The van der Waals surface area contributed by atoms with Crippen molar-refractivity contribution in [2.75, 3.05) is 39.0 Å². The van der Waals surface area contributed by atoms with Gasteiger partial charge in [-0.3, -0.25) is 14.5 Å². The molecule has 2 aliphatic rings. The van der Waals surface area contributed by atoms with E-state index in [0.717, 1.165) is 38.3 Å². The fraction of sp³-hybridized carbons (Fsp3) is 0.440. The van der Waals surface area contributed by atoms with E-state index in [1.165, 1.54) is 4.90 Å². The lowest BCUT2D eigenvalue weighted by molar-refractivity contribution is -0.144. The predicted octanol–water partition coefficient (Wildman–Crippen LogP) is 3.81. The van der Waals surface area contributed by atoms with Crippen molar-refractivity contribution in [3.05, 3.63) is 65.8 Å². The van der Waals surface area contributed by atoms with Crippen LogP contribution in [-0.4, -0.2) is 65.4 Å². The standard InChI is InChI=1S/C25H31N3O3S/c1-4-26-11-13-27(14-12-26)24(19-7-9-21(32-3)10-8-19)23-22(29)16-18(2)28(25(23)30)17-20-6-5-15-31-20/h5-10,15-16,23-24H,4,11-14,17H2,1-3H3. The predicted molar refractivity (Wildman–Crippen MR) is 126 cm³/mol. The lowest BCUT2D eigenvalue weighted by Crippen LogP contribution is -2.53. The Morgan fingerprint density at radius 2 is 1.81 bits per heavy atom. The van der Waals surface area contributed by atoms with Crippen molar-refractivity contribution in [1.82, 2.24) is 14.7 Å². The summed E-state index contributed by atoms with van der Waals surface area (Å²) in [6.07, 6.45) is 5.28. The minimum Gasteiger partial charge on any atom is -0.467 e. The second kappa shape index (κ2) is 10.1. The van der Waals surface area contributed by atoms with Crippen LogP contribution in [0.4, 0.5) is 0 Å². The smallest absolute Gasteiger partial charge is 0.240 e. The van der Waals surface area contributed by atoms with E-state index in [4.69, 9.17) is 4.42 Å². The van der Waals surface area contributed by atoms with Crippen LogP contribution >= 0.6 is 11.8 Å². The van der Waals surface area contributed by atoms with E-state index < -0.39 is 5.92 Å². The van der Waals surface area contributed by atoms with E-state index in [-0.39, 0.29) is 17.7 Å². The number of piperazine rings is 1. The second-order valence-corrected chi connectivity index (χ2v) is 9.24. The Morgan fingerprint density at radius 3 is 2.41 bits per heavy atom. The number of rotatable bonds is 7. The number of furan rings is 1. The number of carbonyl (C=O) groups is 2. The monoisotopic (exact) mass is 453 g/mol. The minimum atomic E-state index is -0.762. The third-order valence-corrected chi connectivity index (χ3v) is 7.27. The van der Waals surface area contributed by atoms with Crippen molar-refractivity contribution >= 4 is 23.5 Å². The summed E-state index contributed by atoms with van der Waals surface area (Å²) in [5, 5.41) is 0. The van der Waals surface area contributed by atoms with Crippen LogP contribution in [0.3, 0.4) is 0 Å². The SMILES string of the molecule is CCN1CCN(C(c2ccc(SC)cc2)C2C(=O)C=C(C)N(Cc3ccco3)C2=O)CC1. The van der Waals surface area contributed by atoms with Crippen molar-refractivity contribution in [3.63, 3.8) is 0 Å². The number of thioether (sulfide) groups is 1. The molecule has 2 aliphatic heterocycles. The van der Waals surface area contributed by atoms with Gasteiger partial charge in [0.1, 0.15) is 11.7 Å². The summed E-state index contributed by atoms with van der Waals surface area (Å²) in [6, 6.07) is 11.7. The highest BCUT2D eigenvalue weighted by Crippen LogP contribution is 2.36. The first-order valence-corrected chi connectivity index (χ1v) is 12.4. The molecule has 7 heteroatoms. The molecular formula is C25H31N3O3S. The first-order valence-electron chi connectivity index (χ1n) is 11.2. The molecule has 1 saturated heterocycles. The highest BCUT2D eigenvalue weighted by atomic mass is 32.2. The van der Waals surface area contributed by atoms with Crippen LogP contribution < -0.4 is 0 Å². The van der Waals surface area contributed by atoms with Crippen LogP contribution in [0.2, 0.25) is 0 Å². The number of allylic oxidation sites excluding steroid dienone is 2. The van der Waals surface area contributed by atoms with Gasteiger partial charge in [-0.25, -0.2) is 0 Å². The quantitative estimate of drug-likeness (QED) is 0.469. The van der Waals surface area contributed by atoms with Crippen LogP contribution in [0.1, 0.15) is 31.2 Å². The van der Waals surface area contributed by atoms with Gasteiger partial charge in [0, 0.05) is 42.8 Å². The molecule has 1 amide bonds. The van der Waals surface area contributed by atoms with Gasteiger partial charge < -0.3 is 14.2 Å². The third-order valence-electron chi connectivity index (χ3n) is 6.53. The summed E-state index contributed by atoms with van der Waals surface area (Å²) in [7, 11) is 0. The summed E-state index contributed by atoms with van der Waals surface area (Å²) in [6.45, 7) is 8.88. The molecule has 2 aromatic rings. The van der Waals surface area contributed by atoms with Gasteiger partial charge in [0.05, 0.1) is 18.8 Å². The maximum atomic E-state index is 13.8. The van der Waals surface area contributed by atoms with Crippen molar-refractivity contribution in [2.24, 2.45) is 5.92 Å². The minimum absolute atomic E-state index is 0.111. The molecule has 0 spiro atoms. The Bertz CT molecular complexity index is 963. The van der Waals surface area contributed by atoms with Gasteiger partial charge in [-0.15, -0.1) is 11.8 Å². The second-order valence-electron chi connectivity index (χ2n) is 8.36. The zero-order chi connectivity index (χ0) is 22.7. The fourth-order valence-corrected chi connectivity index (χ4v) is 5.07. The van der Waals surface area contributed by atoms with Crippen LogP contribution in [-0.2, 0) is 16.1 Å². The molecule has 0 aliphatic carbocycles. The molecule has 1 aromatic carbocycles. The molecule has 6 nitrogen and oxygen atoms in total. The van der Waals surface area contributed by atoms with E-state index in [9.17, 15) is 9.59 Å². The largest absolute Gasteiger partial charge is 0.467 e. The summed E-state index contributed by atoms with van der Waals surface area (Å²) < 4.78 is 5.48. The molecular weight excluding hydrogens is 422 g/mol. The van der Waals surface area contributed by atoms with E-state index in [2.05, 4.69) is 41.0 Å². The molecule has 0 N–H and O–H groups in total. The lowest BCUT2D eigenvalue weighted by Gasteiger charge is -2.43. The molecule has 0 bridgehead atoms. The van der Waals surface area contributed by atoms with Crippen LogP contribution in [0.15, 0.2) is 63.7 Å². The summed E-state index contributed by atoms with van der Waals surface area (Å²) in [5.74, 6) is -0.318. The molecule has 32 heavy (non-hydrogen) atoms. The van der Waals surface area contributed by atoms with Crippen LogP contribution in [0.5, 0.6) is 0 Å².